The summed E-state index contributed by atoms with van der Waals surface area (Å²) in [7, 11) is 0. The summed E-state index contributed by atoms with van der Waals surface area (Å²) in [6, 6.07) is 15.0. The van der Waals surface area contributed by atoms with Gasteiger partial charge in [0.2, 0.25) is 5.91 Å². The van der Waals surface area contributed by atoms with Gasteiger partial charge in [-0.15, -0.1) is 0 Å². The van der Waals surface area contributed by atoms with E-state index in [4.69, 9.17) is 4.74 Å². The molecule has 0 aliphatic carbocycles. The Morgan fingerprint density at radius 1 is 1.21 bits per heavy atom. The number of para-hydroxylation sites is 3. The van der Waals surface area contributed by atoms with Crippen molar-refractivity contribution in [2.24, 2.45) is 0 Å². The molecule has 0 unspecified atom stereocenters. The minimum Gasteiger partial charge on any atom is -0.479 e. The van der Waals surface area contributed by atoms with Crippen molar-refractivity contribution >= 4 is 45.8 Å². The van der Waals surface area contributed by atoms with Gasteiger partial charge in [-0.1, -0.05) is 24.3 Å². The second-order valence-corrected chi connectivity index (χ2v) is 6.66. The number of ether oxygens (including phenoxy) is 1. The summed E-state index contributed by atoms with van der Waals surface area (Å²) in [5.74, 6) is 0.418. The number of anilines is 2. The molecule has 0 saturated heterocycles. The number of fused-ring (bicyclic) bond motifs is 1. The zero-order valence-corrected chi connectivity index (χ0v) is 15.3. The first-order valence-electron chi connectivity index (χ1n) is 7.67. The first kappa shape index (κ1) is 16.8. The van der Waals surface area contributed by atoms with E-state index in [1.54, 1.807) is 11.8 Å². The summed E-state index contributed by atoms with van der Waals surface area (Å²) in [4.78, 5) is 26.2. The Morgan fingerprint density at radius 2 is 1.92 bits per heavy atom. The number of carbonyl (C=O) groups is 2. The monoisotopic (exact) mass is 436 g/mol. The fraction of sp³-hybridized carbons (Fsp3) is 0.222. The van der Waals surface area contributed by atoms with Crippen LogP contribution in [0.2, 0.25) is 0 Å². The predicted octanol–water partition coefficient (Wildman–Crippen LogP) is 3.43. The highest BCUT2D eigenvalue weighted by molar-refractivity contribution is 14.1. The molecule has 6 heteroatoms. The van der Waals surface area contributed by atoms with Crippen LogP contribution in [-0.2, 0) is 9.59 Å². The molecule has 124 valence electrons. The highest BCUT2D eigenvalue weighted by Gasteiger charge is 2.31. The normalized spacial score (nSPS) is 16.3. The maximum atomic E-state index is 12.4. The van der Waals surface area contributed by atoms with E-state index < -0.39 is 6.10 Å². The van der Waals surface area contributed by atoms with Crippen molar-refractivity contribution in [2.75, 3.05) is 16.8 Å². The Labute approximate surface area is 154 Å². The van der Waals surface area contributed by atoms with Gasteiger partial charge in [-0.25, -0.2) is 0 Å². The van der Waals surface area contributed by atoms with Crippen molar-refractivity contribution in [3.05, 3.63) is 52.1 Å². The number of halogens is 1. The smallest absolute Gasteiger partial charge is 0.267 e. The van der Waals surface area contributed by atoms with Gasteiger partial charge < -0.3 is 15.0 Å². The first-order valence-corrected chi connectivity index (χ1v) is 8.75. The summed E-state index contributed by atoms with van der Waals surface area (Å²) < 4.78 is 6.58. The number of hydrogen-bond donors (Lipinski definition) is 1. The van der Waals surface area contributed by atoms with Gasteiger partial charge in [0.05, 0.1) is 11.4 Å². The highest BCUT2D eigenvalue weighted by atomic mass is 127. The summed E-state index contributed by atoms with van der Waals surface area (Å²) >= 11 is 2.18. The van der Waals surface area contributed by atoms with Crippen LogP contribution in [-0.4, -0.2) is 24.5 Å². The van der Waals surface area contributed by atoms with Crippen molar-refractivity contribution in [2.45, 2.75) is 19.4 Å². The SMILES string of the molecule is C[C@H]1Oc2ccccc2N(CCC(=O)Nc2ccccc2I)C1=O. The summed E-state index contributed by atoms with van der Waals surface area (Å²) in [6.07, 6.45) is -0.323. The molecule has 0 radical (unpaired) electrons. The standard InChI is InChI=1S/C18H17IN2O3/c1-12-18(23)21(15-8-4-5-9-16(15)24-12)11-10-17(22)20-14-7-3-2-6-13(14)19/h2-9,12H,10-11H2,1H3,(H,20,22)/t12-/m1/s1. The second-order valence-electron chi connectivity index (χ2n) is 5.50. The summed E-state index contributed by atoms with van der Waals surface area (Å²) in [6.45, 7) is 2.04. The number of nitrogens with one attached hydrogen (secondary N) is 1. The quantitative estimate of drug-likeness (QED) is 0.748. The number of benzene rings is 2. The van der Waals surface area contributed by atoms with Crippen LogP contribution in [0.4, 0.5) is 11.4 Å². The minimum atomic E-state index is -0.543. The van der Waals surface area contributed by atoms with Gasteiger partial charge in [-0.05, 0) is 53.8 Å². The molecule has 0 fully saturated rings. The zero-order valence-electron chi connectivity index (χ0n) is 13.2. The lowest BCUT2D eigenvalue weighted by molar-refractivity contribution is -0.125. The molecule has 2 amide bonds. The molecule has 1 heterocycles. The number of carbonyl (C=O) groups excluding carboxylic acids is 2. The zero-order chi connectivity index (χ0) is 17.1. The molecule has 1 aliphatic rings. The predicted molar refractivity (Wildman–Crippen MR) is 101 cm³/mol. The van der Waals surface area contributed by atoms with Crippen LogP contribution in [0.15, 0.2) is 48.5 Å². The van der Waals surface area contributed by atoms with Gasteiger partial charge in [0.1, 0.15) is 5.75 Å². The molecular formula is C18H17IN2O3. The van der Waals surface area contributed by atoms with E-state index >= 15 is 0 Å². The van der Waals surface area contributed by atoms with E-state index in [2.05, 4.69) is 27.9 Å². The molecule has 24 heavy (non-hydrogen) atoms. The third-order valence-corrected chi connectivity index (χ3v) is 4.72. The number of rotatable bonds is 4. The lowest BCUT2D eigenvalue weighted by Crippen LogP contribution is -2.45. The molecule has 2 aromatic rings. The maximum absolute atomic E-state index is 12.4. The molecule has 5 nitrogen and oxygen atoms in total. The summed E-state index contributed by atoms with van der Waals surface area (Å²) in [5.41, 5.74) is 1.49. The van der Waals surface area contributed by atoms with E-state index in [-0.39, 0.29) is 18.2 Å². The Hall–Kier alpha value is -2.09. The average molecular weight is 436 g/mol. The van der Waals surface area contributed by atoms with Crippen LogP contribution in [0.1, 0.15) is 13.3 Å². The Kier molecular flexibility index (Phi) is 5.03. The van der Waals surface area contributed by atoms with E-state index in [0.717, 1.165) is 9.26 Å². The Balaban J connectivity index is 1.68. The lowest BCUT2D eigenvalue weighted by Gasteiger charge is -2.32. The van der Waals surface area contributed by atoms with Crippen molar-refractivity contribution in [3.63, 3.8) is 0 Å². The van der Waals surface area contributed by atoms with E-state index in [0.29, 0.717) is 18.0 Å². The van der Waals surface area contributed by atoms with E-state index in [9.17, 15) is 9.59 Å². The van der Waals surface area contributed by atoms with Crippen LogP contribution in [0.5, 0.6) is 5.75 Å². The van der Waals surface area contributed by atoms with Crippen LogP contribution in [0.25, 0.3) is 0 Å². The molecular weight excluding hydrogens is 419 g/mol. The van der Waals surface area contributed by atoms with Crippen LogP contribution in [0.3, 0.4) is 0 Å². The molecule has 0 bridgehead atoms. The van der Waals surface area contributed by atoms with Crippen molar-refractivity contribution in [1.29, 1.82) is 0 Å². The summed E-state index contributed by atoms with van der Waals surface area (Å²) in [5, 5.41) is 2.88. The molecule has 0 aromatic heterocycles. The second kappa shape index (κ2) is 7.21. The first-order chi connectivity index (χ1) is 11.6. The van der Waals surface area contributed by atoms with Gasteiger partial charge in [0.25, 0.3) is 5.91 Å². The van der Waals surface area contributed by atoms with Gasteiger partial charge in [0, 0.05) is 16.5 Å². The average Bonchev–Trinajstić information content (AvgIpc) is 2.57. The van der Waals surface area contributed by atoms with Gasteiger partial charge in [0.15, 0.2) is 6.10 Å². The van der Waals surface area contributed by atoms with Gasteiger partial charge in [-0.2, -0.15) is 0 Å². The Bertz CT molecular complexity index is 778. The number of hydrogen-bond acceptors (Lipinski definition) is 3. The van der Waals surface area contributed by atoms with Crippen LogP contribution in [0, 0.1) is 3.57 Å². The fourth-order valence-corrected chi connectivity index (χ4v) is 3.10. The topological polar surface area (TPSA) is 58.6 Å². The maximum Gasteiger partial charge on any atom is 0.267 e. The van der Waals surface area contributed by atoms with Crippen LogP contribution < -0.4 is 15.0 Å². The van der Waals surface area contributed by atoms with E-state index in [1.807, 2.05) is 48.5 Å². The number of nitrogens with zero attached hydrogens (tertiary/aromatic N) is 1. The third kappa shape index (κ3) is 3.53. The molecule has 0 saturated carbocycles. The molecule has 3 rings (SSSR count). The molecule has 1 atom stereocenters. The van der Waals surface area contributed by atoms with Gasteiger partial charge >= 0.3 is 0 Å². The van der Waals surface area contributed by atoms with Crippen LogP contribution >= 0.6 is 22.6 Å². The molecule has 2 aromatic carbocycles. The third-order valence-electron chi connectivity index (χ3n) is 3.78. The lowest BCUT2D eigenvalue weighted by atomic mass is 10.1. The number of amides is 2. The highest BCUT2D eigenvalue weighted by Crippen LogP contribution is 2.33. The molecule has 1 N–H and O–H groups in total. The minimum absolute atomic E-state index is 0.122. The molecule has 0 spiro atoms. The van der Waals surface area contributed by atoms with Crippen molar-refractivity contribution in [3.8, 4) is 5.75 Å². The Morgan fingerprint density at radius 3 is 2.71 bits per heavy atom. The fourth-order valence-electron chi connectivity index (χ4n) is 2.58. The van der Waals surface area contributed by atoms with E-state index in [1.165, 1.54) is 0 Å². The van der Waals surface area contributed by atoms with Crippen molar-refractivity contribution in [1.82, 2.24) is 0 Å². The van der Waals surface area contributed by atoms with Gasteiger partial charge in [-0.3, -0.25) is 9.59 Å². The van der Waals surface area contributed by atoms with Crippen molar-refractivity contribution < 1.29 is 14.3 Å². The largest absolute Gasteiger partial charge is 0.479 e. The molecule has 1 aliphatic heterocycles.